The molecule has 39 heavy (non-hydrogen) atoms. The number of urea groups is 1. The number of sulfone groups is 1. The molecular formula is C27H33N7O4S. The Morgan fingerprint density at radius 2 is 1.92 bits per heavy atom. The van der Waals surface area contributed by atoms with Gasteiger partial charge in [0.05, 0.1) is 41.6 Å². The van der Waals surface area contributed by atoms with Gasteiger partial charge in [0.15, 0.2) is 15.7 Å². The van der Waals surface area contributed by atoms with E-state index in [1.165, 1.54) is 0 Å². The molecule has 3 fully saturated rings. The third-order valence-corrected chi connectivity index (χ3v) is 10.1. The first-order chi connectivity index (χ1) is 18.7. The molecule has 3 N–H and O–H groups in total. The molecule has 2 unspecified atom stereocenters. The van der Waals surface area contributed by atoms with Crippen LogP contribution in [0.4, 0.5) is 16.3 Å². The molecule has 1 saturated heterocycles. The van der Waals surface area contributed by atoms with Gasteiger partial charge in [-0.3, -0.25) is 5.10 Å². The number of rotatable bonds is 7. The molecule has 2 aliphatic carbocycles. The van der Waals surface area contributed by atoms with Crippen LogP contribution in [-0.4, -0.2) is 71.7 Å². The molecule has 2 saturated carbocycles. The highest BCUT2D eigenvalue weighted by Crippen LogP contribution is 2.49. The van der Waals surface area contributed by atoms with Crippen LogP contribution in [-0.2, 0) is 14.6 Å². The largest absolute Gasteiger partial charge is 0.377 e. The Hall–Kier alpha value is -3.51. The third-order valence-electron chi connectivity index (χ3n) is 7.56. The van der Waals surface area contributed by atoms with Crippen LogP contribution < -0.4 is 15.5 Å². The van der Waals surface area contributed by atoms with Crippen molar-refractivity contribution in [3.63, 3.8) is 0 Å². The molecule has 3 aliphatic rings. The summed E-state index contributed by atoms with van der Waals surface area (Å²) in [7, 11) is -3.56. The van der Waals surface area contributed by atoms with Crippen LogP contribution >= 0.6 is 0 Å². The lowest BCUT2D eigenvalue weighted by Crippen LogP contribution is -2.44. The molecule has 0 radical (unpaired) electrons. The van der Waals surface area contributed by atoms with Crippen LogP contribution in [0.15, 0.2) is 35.2 Å². The zero-order valence-electron chi connectivity index (χ0n) is 22.3. The second kappa shape index (κ2) is 9.91. The Bertz CT molecular complexity index is 1480. The maximum absolute atomic E-state index is 13.5. The topological polar surface area (TPSA) is 142 Å². The SMILES string of the molecule is Cc1n[nH]c(C)c1S(=O)(=O)C1CC1c1cc(N2CCOC[C@@H]2C)nc(-c2ccc(NC(=O)NC3CC3)cc2)n1. The zero-order valence-corrected chi connectivity index (χ0v) is 23.1. The van der Waals surface area contributed by atoms with E-state index in [1.807, 2.05) is 30.3 Å². The highest BCUT2D eigenvalue weighted by Gasteiger charge is 2.51. The predicted octanol–water partition coefficient (Wildman–Crippen LogP) is 3.32. The van der Waals surface area contributed by atoms with Gasteiger partial charge in [-0.05, 0) is 64.3 Å². The van der Waals surface area contributed by atoms with Crippen LogP contribution in [0.25, 0.3) is 11.4 Å². The number of carbonyl (C=O) groups is 1. The summed E-state index contributed by atoms with van der Waals surface area (Å²) in [5.74, 6) is 1.05. The van der Waals surface area contributed by atoms with Crippen molar-refractivity contribution in [1.82, 2.24) is 25.5 Å². The van der Waals surface area contributed by atoms with Crippen molar-refractivity contribution in [2.45, 2.75) is 68.2 Å². The summed E-state index contributed by atoms with van der Waals surface area (Å²) >= 11 is 0. The number of aromatic amines is 1. The molecule has 0 spiro atoms. The van der Waals surface area contributed by atoms with Gasteiger partial charge >= 0.3 is 6.03 Å². The Morgan fingerprint density at radius 3 is 2.59 bits per heavy atom. The summed E-state index contributed by atoms with van der Waals surface area (Å²) in [6, 6.07) is 9.51. The summed E-state index contributed by atoms with van der Waals surface area (Å²) in [6.45, 7) is 7.42. The number of benzene rings is 1. The lowest BCUT2D eigenvalue weighted by molar-refractivity contribution is 0.0985. The molecule has 2 amide bonds. The summed E-state index contributed by atoms with van der Waals surface area (Å²) in [6.07, 6.45) is 2.54. The lowest BCUT2D eigenvalue weighted by Gasteiger charge is -2.34. The Kier molecular flexibility index (Phi) is 6.54. The van der Waals surface area contributed by atoms with Crippen molar-refractivity contribution in [2.24, 2.45) is 0 Å². The van der Waals surface area contributed by atoms with Crippen molar-refractivity contribution in [3.05, 3.63) is 47.4 Å². The number of nitrogens with one attached hydrogen (secondary N) is 3. The van der Waals surface area contributed by atoms with Crippen LogP contribution in [0.2, 0.25) is 0 Å². The van der Waals surface area contributed by atoms with Gasteiger partial charge < -0.3 is 20.3 Å². The van der Waals surface area contributed by atoms with E-state index in [2.05, 4.69) is 32.7 Å². The first-order valence-corrected chi connectivity index (χ1v) is 14.9. The molecule has 3 heterocycles. The average Bonchev–Trinajstić information content (AvgIpc) is 3.83. The quantitative estimate of drug-likeness (QED) is 0.406. The summed E-state index contributed by atoms with van der Waals surface area (Å²) in [5.41, 5.74) is 3.22. The summed E-state index contributed by atoms with van der Waals surface area (Å²) in [4.78, 5) is 24.3. The number of morpholine rings is 1. The van der Waals surface area contributed by atoms with Crippen LogP contribution in [0.3, 0.4) is 0 Å². The van der Waals surface area contributed by atoms with E-state index in [9.17, 15) is 13.2 Å². The number of carbonyl (C=O) groups excluding carboxylic acids is 1. The van der Waals surface area contributed by atoms with Gasteiger partial charge in [0.2, 0.25) is 0 Å². The molecule has 12 heteroatoms. The molecule has 2 aromatic heterocycles. The zero-order chi connectivity index (χ0) is 27.3. The number of aromatic nitrogens is 4. The fourth-order valence-corrected chi connectivity index (χ4v) is 7.47. The number of nitrogens with zero attached hydrogens (tertiary/aromatic N) is 4. The Morgan fingerprint density at radius 1 is 1.15 bits per heavy atom. The highest BCUT2D eigenvalue weighted by molar-refractivity contribution is 7.92. The first kappa shape index (κ1) is 25.8. The molecular weight excluding hydrogens is 518 g/mol. The van der Waals surface area contributed by atoms with Crippen molar-refractivity contribution in [2.75, 3.05) is 30.0 Å². The smallest absolute Gasteiger partial charge is 0.319 e. The number of hydrogen-bond donors (Lipinski definition) is 3. The number of ether oxygens (including phenoxy) is 1. The maximum atomic E-state index is 13.5. The van der Waals surface area contributed by atoms with Crippen molar-refractivity contribution in [3.8, 4) is 11.4 Å². The number of H-pyrrole nitrogens is 1. The van der Waals surface area contributed by atoms with E-state index in [4.69, 9.17) is 14.7 Å². The minimum absolute atomic E-state index is 0.126. The normalized spacial score (nSPS) is 22.9. The molecule has 206 valence electrons. The Labute approximate surface area is 227 Å². The van der Waals surface area contributed by atoms with Crippen LogP contribution in [0.5, 0.6) is 0 Å². The monoisotopic (exact) mass is 551 g/mol. The second-order valence-corrected chi connectivity index (χ2v) is 12.8. The average molecular weight is 552 g/mol. The standard InChI is InChI=1S/C27H33N7O4S/c1-15-14-38-11-10-34(15)24-13-22(21-12-23(21)39(36,37)25-16(2)32-33-17(25)3)30-26(31-24)18-4-6-19(7-5-18)28-27(35)29-20-8-9-20/h4-7,13,15,20-21,23H,8-12,14H2,1-3H3,(H,32,33)(H2,28,29,35)/t15-,21?,23?/m0/s1. The van der Waals surface area contributed by atoms with E-state index in [0.717, 1.165) is 24.2 Å². The third kappa shape index (κ3) is 5.22. The minimum atomic E-state index is -3.56. The lowest BCUT2D eigenvalue weighted by atomic mass is 10.1. The molecule has 0 bridgehead atoms. The number of aryl methyl sites for hydroxylation is 2. The van der Waals surface area contributed by atoms with Crippen molar-refractivity contribution >= 4 is 27.4 Å². The molecule has 11 nitrogen and oxygen atoms in total. The minimum Gasteiger partial charge on any atom is -0.377 e. The second-order valence-electron chi connectivity index (χ2n) is 10.7. The summed E-state index contributed by atoms with van der Waals surface area (Å²) < 4.78 is 32.6. The molecule has 6 rings (SSSR count). The van der Waals surface area contributed by atoms with Crippen LogP contribution in [0.1, 0.15) is 49.2 Å². The van der Waals surface area contributed by atoms with Crippen molar-refractivity contribution < 1.29 is 17.9 Å². The van der Waals surface area contributed by atoms with Gasteiger partial charge in [-0.2, -0.15) is 5.10 Å². The number of anilines is 2. The molecule has 1 aromatic carbocycles. The fraction of sp³-hybridized carbons (Fsp3) is 0.481. The van der Waals surface area contributed by atoms with Crippen LogP contribution in [0, 0.1) is 13.8 Å². The highest BCUT2D eigenvalue weighted by atomic mass is 32.2. The van der Waals surface area contributed by atoms with E-state index in [0.29, 0.717) is 59.7 Å². The van der Waals surface area contributed by atoms with Crippen molar-refractivity contribution in [1.29, 1.82) is 0 Å². The summed E-state index contributed by atoms with van der Waals surface area (Å²) in [5, 5.41) is 12.1. The van der Waals surface area contributed by atoms with Gasteiger partial charge in [0.1, 0.15) is 10.7 Å². The number of amides is 2. The molecule has 3 aromatic rings. The van der Waals surface area contributed by atoms with Gasteiger partial charge in [-0.15, -0.1) is 0 Å². The first-order valence-electron chi connectivity index (χ1n) is 13.4. The Balaban J connectivity index is 1.30. The number of hydrogen-bond acceptors (Lipinski definition) is 8. The van der Waals surface area contributed by atoms with Gasteiger partial charge in [0.25, 0.3) is 0 Å². The van der Waals surface area contributed by atoms with Gasteiger partial charge in [-0.1, -0.05) is 0 Å². The van der Waals surface area contributed by atoms with E-state index < -0.39 is 15.1 Å². The van der Waals surface area contributed by atoms with E-state index in [-0.39, 0.29) is 24.0 Å². The molecule has 1 aliphatic heterocycles. The predicted molar refractivity (Wildman–Crippen MR) is 147 cm³/mol. The van der Waals surface area contributed by atoms with E-state index in [1.54, 1.807) is 13.8 Å². The maximum Gasteiger partial charge on any atom is 0.319 e. The van der Waals surface area contributed by atoms with E-state index >= 15 is 0 Å². The van der Waals surface area contributed by atoms with Gasteiger partial charge in [0, 0.05) is 35.8 Å². The molecule has 3 atom stereocenters. The fourth-order valence-electron chi connectivity index (χ4n) is 5.21. The van der Waals surface area contributed by atoms with Gasteiger partial charge in [-0.25, -0.2) is 23.2 Å².